The maximum atomic E-state index is 12.4. The van der Waals surface area contributed by atoms with Crippen LogP contribution in [0.3, 0.4) is 0 Å². The second kappa shape index (κ2) is 7.43. The van der Waals surface area contributed by atoms with Gasteiger partial charge in [0.1, 0.15) is 11.5 Å². The molecule has 1 N–H and O–H groups in total. The summed E-state index contributed by atoms with van der Waals surface area (Å²) in [5.41, 5.74) is 0.933. The summed E-state index contributed by atoms with van der Waals surface area (Å²) in [6.45, 7) is 0.779. The molecule has 0 aliphatic carbocycles. The smallest absolute Gasteiger partial charge is 0.289 e. The average Bonchev–Trinajstić information content (AvgIpc) is 2.35. The zero-order chi connectivity index (χ0) is 13.5. The van der Waals surface area contributed by atoms with E-state index in [-0.39, 0.29) is 0 Å². The van der Waals surface area contributed by atoms with Gasteiger partial charge in [-0.05, 0) is 37.7 Å². The number of nitrogens with one attached hydrogen (secondary N) is 1. The molecule has 1 aromatic rings. The number of benzene rings is 1. The lowest BCUT2D eigenvalue weighted by molar-refractivity contribution is 0.251. The number of likely N-dealkylation sites (N-methyl/N-ethyl adjacent to an activating group) is 1. The van der Waals surface area contributed by atoms with Crippen LogP contribution in [0.15, 0.2) is 17.0 Å². The standard InChI is InChI=1S/C12H17F2NO2S/c1-15-5-4-8-6-10(17-3)11(18-12(13)14)7-9(8)16-2/h6-7,12,15H,4-5H2,1-3H3. The summed E-state index contributed by atoms with van der Waals surface area (Å²) in [6, 6.07) is 3.35. The number of hydrogen-bond donors (Lipinski definition) is 1. The minimum atomic E-state index is -2.48. The summed E-state index contributed by atoms with van der Waals surface area (Å²) in [5, 5.41) is 3.03. The maximum Gasteiger partial charge on any atom is 0.289 e. The zero-order valence-corrected chi connectivity index (χ0v) is 11.4. The first-order chi connectivity index (χ1) is 8.62. The van der Waals surface area contributed by atoms with E-state index in [4.69, 9.17) is 9.47 Å². The van der Waals surface area contributed by atoms with Gasteiger partial charge in [-0.25, -0.2) is 0 Å². The topological polar surface area (TPSA) is 30.5 Å². The first kappa shape index (κ1) is 15.0. The molecule has 0 heterocycles. The van der Waals surface area contributed by atoms with Crippen molar-refractivity contribution >= 4 is 11.8 Å². The van der Waals surface area contributed by atoms with Gasteiger partial charge in [0.15, 0.2) is 0 Å². The monoisotopic (exact) mass is 277 g/mol. The van der Waals surface area contributed by atoms with E-state index in [2.05, 4.69) is 5.32 Å². The normalized spacial score (nSPS) is 10.8. The SMILES string of the molecule is CNCCc1cc(OC)c(SC(F)F)cc1OC. The van der Waals surface area contributed by atoms with Gasteiger partial charge in [-0.2, -0.15) is 8.78 Å². The molecule has 18 heavy (non-hydrogen) atoms. The molecule has 1 aromatic carbocycles. The van der Waals surface area contributed by atoms with Crippen LogP contribution in [-0.2, 0) is 6.42 Å². The van der Waals surface area contributed by atoms with Gasteiger partial charge in [0.2, 0.25) is 0 Å². The summed E-state index contributed by atoms with van der Waals surface area (Å²) in [7, 11) is 4.85. The van der Waals surface area contributed by atoms with Crippen LogP contribution in [0.2, 0.25) is 0 Å². The number of alkyl halides is 2. The first-order valence-corrected chi connectivity index (χ1v) is 6.34. The fourth-order valence-corrected chi connectivity index (χ4v) is 2.20. The highest BCUT2D eigenvalue weighted by Gasteiger charge is 2.15. The van der Waals surface area contributed by atoms with Crippen molar-refractivity contribution in [3.05, 3.63) is 17.7 Å². The van der Waals surface area contributed by atoms with E-state index in [1.165, 1.54) is 14.2 Å². The molecule has 0 radical (unpaired) electrons. The Balaban J connectivity index is 3.06. The lowest BCUT2D eigenvalue weighted by atomic mass is 10.1. The first-order valence-electron chi connectivity index (χ1n) is 5.46. The molecule has 0 saturated carbocycles. The molecule has 0 aromatic heterocycles. The average molecular weight is 277 g/mol. The van der Waals surface area contributed by atoms with Crippen molar-refractivity contribution in [2.75, 3.05) is 27.8 Å². The molecule has 0 spiro atoms. The van der Waals surface area contributed by atoms with Gasteiger partial charge in [0, 0.05) is 0 Å². The summed E-state index contributed by atoms with van der Waals surface area (Å²) in [4.78, 5) is 0.387. The van der Waals surface area contributed by atoms with Gasteiger partial charge in [-0.1, -0.05) is 11.8 Å². The predicted octanol–water partition coefficient (Wildman–Crippen LogP) is 2.78. The highest BCUT2D eigenvalue weighted by Crippen LogP contribution is 2.38. The molecular weight excluding hydrogens is 260 g/mol. The van der Waals surface area contributed by atoms with Gasteiger partial charge >= 0.3 is 0 Å². The molecule has 0 saturated heterocycles. The highest BCUT2D eigenvalue weighted by molar-refractivity contribution is 7.99. The summed E-state index contributed by atoms with van der Waals surface area (Å²) in [6.07, 6.45) is 0.746. The van der Waals surface area contributed by atoms with E-state index >= 15 is 0 Å². The van der Waals surface area contributed by atoms with Crippen molar-refractivity contribution in [3.8, 4) is 11.5 Å². The second-order valence-corrected chi connectivity index (χ2v) is 4.58. The van der Waals surface area contributed by atoms with E-state index in [1.807, 2.05) is 7.05 Å². The van der Waals surface area contributed by atoms with Crippen LogP contribution in [0.4, 0.5) is 8.78 Å². The van der Waals surface area contributed by atoms with Gasteiger partial charge in [-0.15, -0.1) is 0 Å². The van der Waals surface area contributed by atoms with Gasteiger partial charge in [-0.3, -0.25) is 0 Å². The second-order valence-electron chi connectivity index (χ2n) is 3.55. The predicted molar refractivity (Wildman–Crippen MR) is 69.0 cm³/mol. The fourth-order valence-electron chi connectivity index (χ4n) is 1.58. The molecule has 0 amide bonds. The molecule has 0 bridgehead atoms. The maximum absolute atomic E-state index is 12.4. The van der Waals surface area contributed by atoms with Gasteiger partial charge in [0.05, 0.1) is 19.1 Å². The number of methoxy groups -OCH3 is 2. The Morgan fingerprint density at radius 3 is 2.39 bits per heavy atom. The van der Waals surface area contributed by atoms with Crippen LogP contribution in [0.25, 0.3) is 0 Å². The molecule has 0 fully saturated rings. The molecule has 0 aliphatic rings. The zero-order valence-electron chi connectivity index (χ0n) is 10.6. The summed E-state index contributed by atoms with van der Waals surface area (Å²) in [5.74, 6) is -1.42. The third kappa shape index (κ3) is 4.03. The minimum Gasteiger partial charge on any atom is -0.496 e. The minimum absolute atomic E-state index is 0.387. The van der Waals surface area contributed by atoms with Crippen molar-refractivity contribution in [2.45, 2.75) is 17.1 Å². The number of thioether (sulfide) groups is 1. The van der Waals surface area contributed by atoms with Gasteiger partial charge < -0.3 is 14.8 Å². The molecular formula is C12H17F2NO2S. The fraction of sp³-hybridized carbons (Fsp3) is 0.500. The van der Waals surface area contributed by atoms with Crippen molar-refractivity contribution in [1.29, 1.82) is 0 Å². The van der Waals surface area contributed by atoms with E-state index in [0.717, 1.165) is 18.5 Å². The number of rotatable bonds is 7. The lowest BCUT2D eigenvalue weighted by Gasteiger charge is -2.14. The van der Waals surface area contributed by atoms with E-state index < -0.39 is 5.76 Å². The van der Waals surface area contributed by atoms with Crippen LogP contribution in [0.5, 0.6) is 11.5 Å². The molecule has 0 atom stereocenters. The Kier molecular flexibility index (Phi) is 6.21. The molecule has 102 valence electrons. The van der Waals surface area contributed by atoms with E-state index in [9.17, 15) is 8.78 Å². The summed E-state index contributed by atoms with van der Waals surface area (Å²) < 4.78 is 35.2. The van der Waals surface area contributed by atoms with Crippen LogP contribution in [0.1, 0.15) is 5.56 Å². The molecule has 0 aliphatic heterocycles. The van der Waals surface area contributed by atoms with Crippen molar-refractivity contribution in [3.63, 3.8) is 0 Å². The van der Waals surface area contributed by atoms with Gasteiger partial charge in [0.25, 0.3) is 5.76 Å². The molecule has 0 unspecified atom stereocenters. The van der Waals surface area contributed by atoms with Crippen molar-refractivity contribution < 1.29 is 18.3 Å². The third-order valence-electron chi connectivity index (χ3n) is 2.43. The number of halogens is 2. The molecule has 6 heteroatoms. The Labute approximate surface area is 110 Å². The Hall–Kier alpha value is -1.01. The lowest BCUT2D eigenvalue weighted by Crippen LogP contribution is -2.11. The largest absolute Gasteiger partial charge is 0.496 e. The van der Waals surface area contributed by atoms with Crippen LogP contribution in [0, 0.1) is 0 Å². The van der Waals surface area contributed by atoms with Crippen molar-refractivity contribution in [2.24, 2.45) is 0 Å². The Morgan fingerprint density at radius 1 is 1.22 bits per heavy atom. The van der Waals surface area contributed by atoms with E-state index in [1.54, 1.807) is 12.1 Å². The Bertz CT molecular complexity index is 389. The Morgan fingerprint density at radius 2 is 1.89 bits per heavy atom. The van der Waals surface area contributed by atoms with Crippen LogP contribution in [-0.4, -0.2) is 33.6 Å². The summed E-state index contributed by atoms with van der Waals surface area (Å²) >= 11 is 0.458. The number of ether oxygens (including phenoxy) is 2. The quantitative estimate of drug-likeness (QED) is 0.776. The van der Waals surface area contributed by atoms with Crippen LogP contribution < -0.4 is 14.8 Å². The third-order valence-corrected chi connectivity index (χ3v) is 3.18. The number of hydrogen-bond acceptors (Lipinski definition) is 4. The van der Waals surface area contributed by atoms with Crippen molar-refractivity contribution in [1.82, 2.24) is 5.32 Å². The van der Waals surface area contributed by atoms with Crippen LogP contribution >= 0.6 is 11.8 Å². The van der Waals surface area contributed by atoms with E-state index in [0.29, 0.717) is 28.2 Å². The highest BCUT2D eigenvalue weighted by atomic mass is 32.2. The molecule has 3 nitrogen and oxygen atoms in total. The molecule has 1 rings (SSSR count).